The van der Waals surface area contributed by atoms with E-state index in [9.17, 15) is 4.21 Å². The van der Waals surface area contributed by atoms with Crippen LogP contribution < -0.4 is 4.72 Å². The Morgan fingerprint density at radius 2 is 2.00 bits per heavy atom. The first-order chi connectivity index (χ1) is 11.2. The fraction of sp³-hybridized carbons (Fsp3) is 0.389. The van der Waals surface area contributed by atoms with Gasteiger partial charge in [-0.15, -0.1) is 0 Å². The van der Waals surface area contributed by atoms with Gasteiger partial charge in [0.25, 0.3) is 0 Å². The van der Waals surface area contributed by atoms with Gasteiger partial charge in [0, 0.05) is 22.7 Å². The molecular formula is C18H23N3OS. The fourth-order valence-electron chi connectivity index (χ4n) is 2.97. The molecule has 2 atom stereocenters. The Labute approximate surface area is 140 Å². The molecule has 2 N–H and O–H groups in total. The van der Waals surface area contributed by atoms with Crippen LogP contribution in [0.2, 0.25) is 0 Å². The van der Waals surface area contributed by atoms with Crippen molar-refractivity contribution in [2.45, 2.75) is 45.1 Å². The number of hydrogen-bond donors (Lipinski definition) is 2. The number of nitrogens with one attached hydrogen (secondary N) is 2. The Morgan fingerprint density at radius 1 is 1.22 bits per heavy atom. The molecule has 0 fully saturated rings. The maximum absolute atomic E-state index is 12.2. The van der Waals surface area contributed by atoms with Crippen LogP contribution in [-0.2, 0) is 23.8 Å². The van der Waals surface area contributed by atoms with Crippen molar-refractivity contribution in [3.05, 3.63) is 58.3 Å². The predicted molar refractivity (Wildman–Crippen MR) is 95.0 cm³/mol. The minimum atomic E-state index is -1.22. The zero-order chi connectivity index (χ0) is 16.1. The SMILES string of the molecule is C[C@H](NS(=O)/C=C/c1n[nH]c2c1CCCCC2)c1ccccc1. The first kappa shape index (κ1) is 16.1. The Morgan fingerprint density at radius 3 is 2.83 bits per heavy atom. The van der Waals surface area contributed by atoms with Gasteiger partial charge >= 0.3 is 0 Å². The Kier molecular flexibility index (Phi) is 5.41. The summed E-state index contributed by atoms with van der Waals surface area (Å²) < 4.78 is 15.3. The van der Waals surface area contributed by atoms with Gasteiger partial charge in [-0.1, -0.05) is 36.8 Å². The summed E-state index contributed by atoms with van der Waals surface area (Å²) in [6, 6.07) is 10.1. The van der Waals surface area contributed by atoms with Gasteiger partial charge in [-0.2, -0.15) is 5.10 Å². The van der Waals surface area contributed by atoms with Crippen LogP contribution in [0.4, 0.5) is 0 Å². The molecule has 0 saturated heterocycles. The van der Waals surface area contributed by atoms with Crippen LogP contribution in [-0.4, -0.2) is 14.4 Å². The highest BCUT2D eigenvalue weighted by atomic mass is 32.2. The molecule has 0 bridgehead atoms. The molecule has 122 valence electrons. The number of hydrogen-bond acceptors (Lipinski definition) is 2. The predicted octanol–water partition coefficient (Wildman–Crippen LogP) is 3.66. The number of aromatic nitrogens is 2. The molecule has 1 unspecified atom stereocenters. The molecule has 5 heteroatoms. The van der Waals surface area contributed by atoms with Crippen molar-refractivity contribution in [3.63, 3.8) is 0 Å². The monoisotopic (exact) mass is 329 g/mol. The van der Waals surface area contributed by atoms with Gasteiger partial charge in [0.05, 0.1) is 5.69 Å². The fourth-order valence-corrected chi connectivity index (χ4v) is 3.79. The molecule has 1 aliphatic rings. The second kappa shape index (κ2) is 7.70. The second-order valence-electron chi connectivity index (χ2n) is 5.98. The van der Waals surface area contributed by atoms with E-state index in [1.54, 1.807) is 5.41 Å². The molecule has 23 heavy (non-hydrogen) atoms. The third-order valence-electron chi connectivity index (χ3n) is 4.28. The van der Waals surface area contributed by atoms with Crippen LogP contribution >= 0.6 is 0 Å². The van der Waals surface area contributed by atoms with Crippen molar-refractivity contribution in [3.8, 4) is 0 Å². The quantitative estimate of drug-likeness (QED) is 0.822. The molecule has 1 aliphatic carbocycles. The largest absolute Gasteiger partial charge is 0.282 e. The molecule has 0 aliphatic heterocycles. The van der Waals surface area contributed by atoms with Crippen molar-refractivity contribution < 1.29 is 4.21 Å². The van der Waals surface area contributed by atoms with Crippen LogP contribution in [0.5, 0.6) is 0 Å². The van der Waals surface area contributed by atoms with E-state index in [4.69, 9.17) is 0 Å². The van der Waals surface area contributed by atoms with Crippen molar-refractivity contribution in [2.75, 3.05) is 0 Å². The van der Waals surface area contributed by atoms with Crippen molar-refractivity contribution in [1.29, 1.82) is 0 Å². The number of nitrogens with zero attached hydrogens (tertiary/aromatic N) is 1. The van der Waals surface area contributed by atoms with Crippen molar-refractivity contribution in [2.24, 2.45) is 0 Å². The van der Waals surface area contributed by atoms with Gasteiger partial charge in [0.1, 0.15) is 11.0 Å². The molecule has 0 radical (unpaired) electrons. The lowest BCUT2D eigenvalue weighted by molar-refractivity contribution is 0.658. The summed E-state index contributed by atoms with van der Waals surface area (Å²) in [6.45, 7) is 2.02. The summed E-state index contributed by atoms with van der Waals surface area (Å²) in [5.74, 6) is 0. The lowest BCUT2D eigenvalue weighted by Crippen LogP contribution is -2.19. The topological polar surface area (TPSA) is 57.8 Å². The van der Waals surface area contributed by atoms with Crippen molar-refractivity contribution in [1.82, 2.24) is 14.9 Å². The molecule has 0 amide bonds. The minimum Gasteiger partial charge on any atom is -0.282 e. The zero-order valence-corrected chi connectivity index (χ0v) is 14.2. The minimum absolute atomic E-state index is 0.0398. The van der Waals surface area contributed by atoms with Gasteiger partial charge in [-0.3, -0.25) is 5.10 Å². The number of aryl methyl sites for hydroxylation is 1. The van der Waals surface area contributed by atoms with E-state index < -0.39 is 11.0 Å². The highest BCUT2D eigenvalue weighted by Crippen LogP contribution is 2.22. The Bertz CT molecular complexity index is 694. The maximum Gasteiger partial charge on any atom is 0.118 e. The molecule has 0 saturated carbocycles. The second-order valence-corrected chi connectivity index (χ2v) is 7.08. The molecule has 3 rings (SSSR count). The van der Waals surface area contributed by atoms with Gasteiger partial charge in [0.15, 0.2) is 0 Å². The summed E-state index contributed by atoms with van der Waals surface area (Å²) in [5.41, 5.74) is 4.61. The first-order valence-corrected chi connectivity index (χ1v) is 9.41. The summed E-state index contributed by atoms with van der Waals surface area (Å²) in [7, 11) is -1.22. The molecule has 1 aromatic carbocycles. The molecule has 1 aromatic heterocycles. The highest BCUT2D eigenvalue weighted by Gasteiger charge is 2.14. The number of aromatic amines is 1. The zero-order valence-electron chi connectivity index (χ0n) is 13.4. The standard InChI is InChI=1S/C18H23N3OS/c1-14(15-8-4-2-5-9-15)21-23(22)13-12-18-16-10-6-3-7-11-17(16)19-20-18/h2,4-5,8-9,12-14,21H,3,6-7,10-11H2,1H3,(H,19,20)/b13-12+/t14-,23?/m0/s1. The van der Waals surface area contributed by atoms with Crippen LogP contribution in [0.25, 0.3) is 6.08 Å². The number of benzene rings is 1. The normalized spacial score (nSPS) is 17.6. The van der Waals surface area contributed by atoms with E-state index in [1.165, 1.54) is 30.5 Å². The highest BCUT2D eigenvalue weighted by molar-refractivity contribution is 7.86. The summed E-state index contributed by atoms with van der Waals surface area (Å²) in [6.07, 6.45) is 7.71. The Balaban J connectivity index is 1.64. The molecular weight excluding hydrogens is 306 g/mol. The third kappa shape index (κ3) is 4.18. The van der Waals surface area contributed by atoms with Gasteiger partial charge < -0.3 is 0 Å². The Hall–Kier alpha value is -1.72. The smallest absolute Gasteiger partial charge is 0.118 e. The summed E-state index contributed by atoms with van der Waals surface area (Å²) in [4.78, 5) is 0. The van der Waals surface area contributed by atoms with E-state index in [2.05, 4.69) is 14.9 Å². The van der Waals surface area contributed by atoms with Gasteiger partial charge in [0.2, 0.25) is 0 Å². The number of fused-ring (bicyclic) bond motifs is 1. The van der Waals surface area contributed by atoms with Crippen LogP contribution in [0, 0.1) is 0 Å². The molecule has 1 heterocycles. The third-order valence-corrected chi connectivity index (χ3v) is 5.25. The lowest BCUT2D eigenvalue weighted by Gasteiger charge is -2.11. The summed E-state index contributed by atoms with van der Waals surface area (Å²) >= 11 is 0. The van der Waals surface area contributed by atoms with Gasteiger partial charge in [-0.05, 0) is 44.2 Å². The molecule has 2 aromatic rings. The first-order valence-electron chi connectivity index (χ1n) is 8.20. The average molecular weight is 329 g/mol. The lowest BCUT2D eigenvalue weighted by atomic mass is 10.1. The van der Waals surface area contributed by atoms with E-state index in [0.717, 1.165) is 24.1 Å². The van der Waals surface area contributed by atoms with Crippen LogP contribution in [0.1, 0.15) is 54.7 Å². The van der Waals surface area contributed by atoms with E-state index in [1.807, 2.05) is 43.3 Å². The van der Waals surface area contributed by atoms with Crippen molar-refractivity contribution >= 4 is 17.1 Å². The van der Waals surface area contributed by atoms with Crippen LogP contribution in [0.15, 0.2) is 35.7 Å². The maximum atomic E-state index is 12.2. The van der Waals surface area contributed by atoms with Crippen LogP contribution in [0.3, 0.4) is 0 Å². The number of H-pyrrole nitrogens is 1. The van der Waals surface area contributed by atoms with Gasteiger partial charge in [-0.25, -0.2) is 8.93 Å². The molecule has 0 spiro atoms. The van der Waals surface area contributed by atoms with E-state index in [-0.39, 0.29) is 6.04 Å². The summed E-state index contributed by atoms with van der Waals surface area (Å²) in [5, 5.41) is 9.21. The average Bonchev–Trinajstić information content (AvgIpc) is 2.80. The van der Waals surface area contributed by atoms with E-state index >= 15 is 0 Å². The number of rotatable bonds is 5. The van der Waals surface area contributed by atoms with E-state index in [0.29, 0.717) is 0 Å². The molecule has 4 nitrogen and oxygen atoms in total.